The van der Waals surface area contributed by atoms with Crippen LogP contribution in [0.3, 0.4) is 0 Å². The van der Waals surface area contributed by atoms with Gasteiger partial charge in [-0.05, 0) is 6.08 Å². The number of oxime groups is 1. The molecule has 0 amide bonds. The zero-order valence-corrected chi connectivity index (χ0v) is 7.29. The van der Waals surface area contributed by atoms with Gasteiger partial charge < -0.3 is 10.9 Å². The van der Waals surface area contributed by atoms with Crippen molar-refractivity contribution in [2.45, 2.75) is 18.9 Å². The molecule has 0 bridgehead atoms. The van der Waals surface area contributed by atoms with Crippen molar-refractivity contribution >= 4 is 11.5 Å². The third-order valence-corrected chi connectivity index (χ3v) is 1.71. The SMILES string of the molecule is N/C(=N/O)C1=NC(F)CC(C(F)(F)F)=C1. The van der Waals surface area contributed by atoms with E-state index in [1.54, 1.807) is 0 Å². The lowest BCUT2D eigenvalue weighted by Gasteiger charge is -2.17. The summed E-state index contributed by atoms with van der Waals surface area (Å²) in [5.41, 5.74) is 3.40. The van der Waals surface area contributed by atoms with Crippen LogP contribution < -0.4 is 5.73 Å². The molecular weight excluding hydrogens is 218 g/mol. The maximum absolute atomic E-state index is 12.8. The van der Waals surface area contributed by atoms with Crippen molar-refractivity contribution in [3.8, 4) is 0 Å². The maximum atomic E-state index is 12.8. The highest BCUT2D eigenvalue weighted by molar-refractivity contribution is 6.45. The minimum absolute atomic E-state index is 0.511. The van der Waals surface area contributed by atoms with E-state index >= 15 is 0 Å². The molecule has 1 unspecified atom stereocenters. The highest BCUT2D eigenvalue weighted by Crippen LogP contribution is 2.32. The minimum atomic E-state index is -4.64. The number of amidine groups is 1. The minimum Gasteiger partial charge on any atom is -0.409 e. The summed E-state index contributed by atoms with van der Waals surface area (Å²) in [5.74, 6) is -0.654. The Labute approximate surface area is 81.8 Å². The summed E-state index contributed by atoms with van der Waals surface area (Å²) < 4.78 is 49.5. The van der Waals surface area contributed by atoms with Crippen LogP contribution in [0.15, 0.2) is 21.8 Å². The second-order valence-electron chi connectivity index (χ2n) is 2.81. The van der Waals surface area contributed by atoms with Crippen LogP contribution in [0.5, 0.6) is 0 Å². The van der Waals surface area contributed by atoms with Gasteiger partial charge in [-0.3, -0.25) is 0 Å². The van der Waals surface area contributed by atoms with Crippen LogP contribution in [0.4, 0.5) is 17.6 Å². The van der Waals surface area contributed by atoms with Gasteiger partial charge in [0.1, 0.15) is 5.71 Å². The zero-order chi connectivity index (χ0) is 11.6. The van der Waals surface area contributed by atoms with Gasteiger partial charge in [0.2, 0.25) is 0 Å². The van der Waals surface area contributed by atoms with Crippen LogP contribution in [0.25, 0.3) is 0 Å². The van der Waals surface area contributed by atoms with Gasteiger partial charge in [-0.2, -0.15) is 13.2 Å². The second kappa shape index (κ2) is 3.87. The van der Waals surface area contributed by atoms with Gasteiger partial charge >= 0.3 is 6.18 Å². The molecule has 1 aliphatic rings. The molecule has 1 atom stereocenters. The second-order valence-corrected chi connectivity index (χ2v) is 2.81. The molecule has 0 aliphatic carbocycles. The monoisotopic (exact) mass is 225 g/mol. The third kappa shape index (κ3) is 2.67. The van der Waals surface area contributed by atoms with Crippen molar-refractivity contribution in [1.82, 2.24) is 0 Å². The third-order valence-electron chi connectivity index (χ3n) is 1.71. The molecule has 15 heavy (non-hydrogen) atoms. The van der Waals surface area contributed by atoms with Crippen LogP contribution in [0, 0.1) is 0 Å². The quantitative estimate of drug-likeness (QED) is 0.177. The number of nitrogens with zero attached hydrogens (tertiary/aromatic N) is 2. The molecule has 0 radical (unpaired) electrons. The number of hydrogen-bond acceptors (Lipinski definition) is 3. The lowest BCUT2D eigenvalue weighted by atomic mass is 10.1. The van der Waals surface area contributed by atoms with Gasteiger partial charge in [0, 0.05) is 12.0 Å². The molecule has 4 nitrogen and oxygen atoms in total. The lowest BCUT2D eigenvalue weighted by Crippen LogP contribution is -2.29. The van der Waals surface area contributed by atoms with Crippen LogP contribution >= 0.6 is 0 Å². The summed E-state index contributed by atoms with van der Waals surface area (Å²) in [6.07, 6.45) is -6.96. The molecule has 8 heteroatoms. The molecule has 1 heterocycles. The first-order valence-electron chi connectivity index (χ1n) is 3.82. The summed E-state index contributed by atoms with van der Waals surface area (Å²) in [7, 11) is 0. The average Bonchev–Trinajstić information content (AvgIpc) is 2.14. The van der Waals surface area contributed by atoms with E-state index in [1.165, 1.54) is 0 Å². The molecule has 1 aliphatic heterocycles. The Balaban J connectivity index is 3.05. The molecule has 0 fully saturated rings. The van der Waals surface area contributed by atoms with Gasteiger partial charge in [-0.15, -0.1) is 0 Å². The van der Waals surface area contributed by atoms with E-state index in [4.69, 9.17) is 10.9 Å². The molecule has 0 aromatic heterocycles. The van der Waals surface area contributed by atoms with Crippen molar-refractivity contribution in [1.29, 1.82) is 0 Å². The van der Waals surface area contributed by atoms with Gasteiger partial charge in [-0.25, -0.2) is 9.38 Å². The smallest absolute Gasteiger partial charge is 0.409 e. The van der Waals surface area contributed by atoms with Crippen molar-refractivity contribution in [2.75, 3.05) is 0 Å². The Morgan fingerprint density at radius 3 is 2.67 bits per heavy atom. The van der Waals surface area contributed by atoms with Gasteiger partial charge in [0.05, 0.1) is 0 Å². The highest BCUT2D eigenvalue weighted by atomic mass is 19.4. The van der Waals surface area contributed by atoms with E-state index in [0.717, 1.165) is 0 Å². The van der Waals surface area contributed by atoms with Gasteiger partial charge in [-0.1, -0.05) is 5.16 Å². The van der Waals surface area contributed by atoms with Crippen molar-refractivity contribution < 1.29 is 22.8 Å². The molecule has 84 valence electrons. The molecule has 0 aromatic rings. The fourth-order valence-corrected chi connectivity index (χ4v) is 1.03. The molecule has 0 saturated carbocycles. The predicted octanol–water partition coefficient (Wildman–Crippen LogP) is 1.36. The first-order chi connectivity index (χ1) is 6.84. The molecule has 0 spiro atoms. The fourth-order valence-electron chi connectivity index (χ4n) is 1.03. The van der Waals surface area contributed by atoms with Crippen LogP contribution in [-0.2, 0) is 0 Å². The predicted molar refractivity (Wildman–Crippen MR) is 44.5 cm³/mol. The highest BCUT2D eigenvalue weighted by Gasteiger charge is 2.37. The van der Waals surface area contributed by atoms with E-state index in [0.29, 0.717) is 6.08 Å². The number of hydrogen-bond donors (Lipinski definition) is 2. The molecular formula is C7H7F4N3O. The largest absolute Gasteiger partial charge is 0.412 e. The van der Waals surface area contributed by atoms with E-state index in [-0.39, 0.29) is 0 Å². The van der Waals surface area contributed by atoms with Gasteiger partial charge in [0.15, 0.2) is 12.1 Å². The number of rotatable bonds is 1. The van der Waals surface area contributed by atoms with E-state index < -0.39 is 36.0 Å². The number of dihydropyridines is 1. The topological polar surface area (TPSA) is 71.0 Å². The van der Waals surface area contributed by atoms with E-state index in [1.807, 2.05) is 0 Å². The number of aliphatic imine (C=N–C) groups is 1. The summed E-state index contributed by atoms with van der Waals surface area (Å²) in [4.78, 5) is 3.17. The number of alkyl halides is 4. The van der Waals surface area contributed by atoms with Crippen molar-refractivity contribution in [3.05, 3.63) is 11.6 Å². The number of nitrogens with two attached hydrogens (primary N) is 1. The Bertz CT molecular complexity index is 345. The van der Waals surface area contributed by atoms with E-state index in [2.05, 4.69) is 10.1 Å². The summed E-state index contributed by atoms with van der Waals surface area (Å²) in [5, 5.41) is 10.7. The van der Waals surface area contributed by atoms with E-state index in [9.17, 15) is 17.6 Å². The van der Waals surface area contributed by atoms with Gasteiger partial charge in [0.25, 0.3) is 0 Å². The van der Waals surface area contributed by atoms with Crippen LogP contribution in [0.1, 0.15) is 6.42 Å². The Hall–Kier alpha value is -1.60. The number of halogens is 4. The first kappa shape index (κ1) is 11.5. The lowest BCUT2D eigenvalue weighted by molar-refractivity contribution is -0.0957. The van der Waals surface area contributed by atoms with Crippen molar-refractivity contribution in [3.63, 3.8) is 0 Å². The molecule has 3 N–H and O–H groups in total. The molecule has 0 saturated heterocycles. The Morgan fingerprint density at radius 2 is 2.20 bits per heavy atom. The zero-order valence-electron chi connectivity index (χ0n) is 7.29. The fraction of sp³-hybridized carbons (Fsp3) is 0.429. The Morgan fingerprint density at radius 1 is 1.60 bits per heavy atom. The first-order valence-corrected chi connectivity index (χ1v) is 3.82. The summed E-state index contributed by atoms with van der Waals surface area (Å²) in [6, 6.07) is 0. The molecule has 1 rings (SSSR count). The summed E-state index contributed by atoms with van der Waals surface area (Å²) in [6.45, 7) is 0. The molecule has 0 aromatic carbocycles. The normalized spacial score (nSPS) is 23.5. The van der Waals surface area contributed by atoms with Crippen LogP contribution in [-0.4, -0.2) is 29.2 Å². The Kier molecular flexibility index (Phi) is 2.96. The van der Waals surface area contributed by atoms with Crippen molar-refractivity contribution in [2.24, 2.45) is 15.9 Å². The standard InChI is InChI=1S/C7H7F4N3O/c8-5-2-3(7(9,10)11)1-4(13-5)6(12)14-15/h1,5,15H,2H2,(H2,12,14). The average molecular weight is 225 g/mol. The maximum Gasteiger partial charge on any atom is 0.412 e. The van der Waals surface area contributed by atoms with Crippen LogP contribution in [0.2, 0.25) is 0 Å². The summed E-state index contributed by atoms with van der Waals surface area (Å²) >= 11 is 0.